The Morgan fingerprint density at radius 3 is 2.78 bits per heavy atom. The van der Waals surface area contributed by atoms with Gasteiger partial charge in [0.2, 0.25) is 5.91 Å². The summed E-state index contributed by atoms with van der Waals surface area (Å²) < 4.78 is 15.1. The van der Waals surface area contributed by atoms with Gasteiger partial charge in [-0.15, -0.1) is 0 Å². The zero-order valence-corrected chi connectivity index (χ0v) is 18.4. The van der Waals surface area contributed by atoms with Crippen molar-refractivity contribution in [2.45, 2.75) is 45.1 Å². The Hall–Kier alpha value is -3.00. The van der Waals surface area contributed by atoms with Crippen LogP contribution in [0, 0.1) is 18.2 Å². The van der Waals surface area contributed by atoms with Gasteiger partial charge in [-0.05, 0) is 63.3 Å². The summed E-state index contributed by atoms with van der Waals surface area (Å²) in [6, 6.07) is 5.95. The first kappa shape index (κ1) is 20.9. The average Bonchev–Trinajstić information content (AvgIpc) is 3.34. The molecule has 2 aromatic heterocycles. The van der Waals surface area contributed by atoms with Crippen molar-refractivity contribution in [2.75, 3.05) is 11.4 Å². The van der Waals surface area contributed by atoms with Gasteiger partial charge in [0.15, 0.2) is 5.65 Å². The second-order valence-corrected chi connectivity index (χ2v) is 9.12. The molecule has 2 fully saturated rings. The quantitative estimate of drug-likeness (QED) is 0.649. The number of nitrogens with zero attached hydrogens (tertiary/aromatic N) is 4. The smallest absolute Gasteiger partial charge is 0.256 e. The Balaban J connectivity index is 1.25. The Morgan fingerprint density at radius 1 is 1.25 bits per heavy atom. The van der Waals surface area contributed by atoms with Crippen LogP contribution in [0.3, 0.4) is 0 Å². The SMILES string of the molecule is Cc1ccnc2c(C(=O)N[C@H]3CC[C@]4(CCN(c5ccc(F)cc5Cl)C4=O)CC3)cnn12. The van der Waals surface area contributed by atoms with Gasteiger partial charge in [0.05, 0.1) is 22.3 Å². The first-order valence-corrected chi connectivity index (χ1v) is 11.1. The largest absolute Gasteiger partial charge is 0.349 e. The zero-order chi connectivity index (χ0) is 22.5. The summed E-state index contributed by atoms with van der Waals surface area (Å²) in [4.78, 5) is 32.1. The van der Waals surface area contributed by atoms with Crippen molar-refractivity contribution in [2.24, 2.45) is 5.41 Å². The van der Waals surface area contributed by atoms with E-state index < -0.39 is 11.2 Å². The standard InChI is InChI=1S/C23H23ClFN5O2/c1-14-6-10-26-20-17(13-27-30(14)20)21(31)28-16-4-7-23(8-5-16)9-11-29(22(23)32)19-3-2-15(25)12-18(19)24/h2-3,6,10,12-13,16H,4-5,7-9,11H2,1H3,(H,28,31)/t16-,23+. The molecule has 2 amide bonds. The lowest BCUT2D eigenvalue weighted by Gasteiger charge is -2.36. The number of amides is 2. The highest BCUT2D eigenvalue weighted by Gasteiger charge is 2.49. The lowest BCUT2D eigenvalue weighted by Crippen LogP contribution is -2.44. The molecule has 166 valence electrons. The van der Waals surface area contributed by atoms with Crippen molar-refractivity contribution < 1.29 is 14.0 Å². The van der Waals surface area contributed by atoms with E-state index in [1.54, 1.807) is 27.9 Å². The molecule has 3 heterocycles. The number of fused-ring (bicyclic) bond motifs is 1. The van der Waals surface area contributed by atoms with Gasteiger partial charge < -0.3 is 10.2 Å². The Kier molecular flexibility index (Phi) is 5.12. The molecule has 7 nitrogen and oxygen atoms in total. The molecular formula is C23H23ClFN5O2. The zero-order valence-electron chi connectivity index (χ0n) is 17.6. The maximum atomic E-state index is 13.4. The van der Waals surface area contributed by atoms with Gasteiger partial charge in [0, 0.05) is 24.5 Å². The van der Waals surface area contributed by atoms with Crippen molar-refractivity contribution in [1.29, 1.82) is 0 Å². The fourth-order valence-corrected chi connectivity index (χ4v) is 5.23. The molecular weight excluding hydrogens is 433 g/mol. The number of hydrogen-bond donors (Lipinski definition) is 1. The lowest BCUT2D eigenvalue weighted by atomic mass is 9.71. The summed E-state index contributed by atoms with van der Waals surface area (Å²) in [5.41, 5.74) is 2.00. The fourth-order valence-electron chi connectivity index (χ4n) is 4.96. The minimum atomic E-state index is -0.442. The molecule has 0 unspecified atom stereocenters. The highest BCUT2D eigenvalue weighted by molar-refractivity contribution is 6.34. The van der Waals surface area contributed by atoms with E-state index in [9.17, 15) is 14.0 Å². The summed E-state index contributed by atoms with van der Waals surface area (Å²) in [6.45, 7) is 2.47. The van der Waals surface area contributed by atoms with Crippen molar-refractivity contribution >= 4 is 34.7 Å². The number of rotatable bonds is 3. The van der Waals surface area contributed by atoms with Gasteiger partial charge >= 0.3 is 0 Å². The van der Waals surface area contributed by atoms with Crippen LogP contribution in [0.15, 0.2) is 36.7 Å². The predicted octanol–water partition coefficient (Wildman–Crippen LogP) is 3.93. The molecule has 2 aliphatic rings. The van der Waals surface area contributed by atoms with E-state index in [1.165, 1.54) is 12.1 Å². The Bertz CT molecular complexity index is 1220. The lowest BCUT2D eigenvalue weighted by molar-refractivity contribution is -0.127. The maximum absolute atomic E-state index is 13.4. The van der Waals surface area contributed by atoms with E-state index in [0.717, 1.165) is 12.1 Å². The van der Waals surface area contributed by atoms with Gasteiger partial charge in [-0.1, -0.05) is 11.6 Å². The maximum Gasteiger partial charge on any atom is 0.256 e. The Morgan fingerprint density at radius 2 is 2.03 bits per heavy atom. The number of nitrogens with one attached hydrogen (secondary N) is 1. The van der Waals surface area contributed by atoms with Crippen LogP contribution >= 0.6 is 11.6 Å². The molecule has 0 radical (unpaired) electrons. The summed E-state index contributed by atoms with van der Waals surface area (Å²) in [7, 11) is 0. The Labute approximate surface area is 189 Å². The van der Waals surface area contributed by atoms with Crippen LogP contribution in [0.5, 0.6) is 0 Å². The molecule has 0 atom stereocenters. The van der Waals surface area contributed by atoms with Gasteiger partial charge in [0.1, 0.15) is 11.4 Å². The molecule has 1 aliphatic heterocycles. The predicted molar refractivity (Wildman–Crippen MR) is 118 cm³/mol. The van der Waals surface area contributed by atoms with Gasteiger partial charge in [-0.2, -0.15) is 5.10 Å². The highest BCUT2D eigenvalue weighted by Crippen LogP contribution is 2.47. The molecule has 1 aromatic carbocycles. The van der Waals surface area contributed by atoms with Crippen LogP contribution in [0.4, 0.5) is 10.1 Å². The van der Waals surface area contributed by atoms with Crippen LogP contribution in [0.1, 0.15) is 48.2 Å². The fraction of sp³-hybridized carbons (Fsp3) is 0.391. The second kappa shape index (κ2) is 7.85. The number of carbonyl (C=O) groups excluding carboxylic acids is 2. The van der Waals surface area contributed by atoms with Gasteiger partial charge in [-0.3, -0.25) is 9.59 Å². The summed E-state index contributed by atoms with van der Waals surface area (Å²) in [5, 5.41) is 7.60. The monoisotopic (exact) mass is 455 g/mol. The molecule has 1 spiro atoms. The van der Waals surface area contributed by atoms with Crippen LogP contribution in [-0.4, -0.2) is 39.0 Å². The second-order valence-electron chi connectivity index (χ2n) is 8.71. The topological polar surface area (TPSA) is 79.6 Å². The highest BCUT2D eigenvalue weighted by atomic mass is 35.5. The first-order chi connectivity index (χ1) is 15.4. The van der Waals surface area contributed by atoms with Gasteiger partial charge in [0.25, 0.3) is 5.91 Å². The number of halogens is 2. The summed E-state index contributed by atoms with van der Waals surface area (Å²) in [6.07, 6.45) is 6.76. The van der Waals surface area contributed by atoms with Crippen molar-refractivity contribution in [3.8, 4) is 0 Å². The molecule has 1 saturated heterocycles. The number of anilines is 1. The normalized spacial score (nSPS) is 23.3. The van der Waals surface area contributed by atoms with E-state index in [4.69, 9.17) is 11.6 Å². The van der Waals surface area contributed by atoms with Crippen LogP contribution in [0.25, 0.3) is 5.65 Å². The minimum Gasteiger partial charge on any atom is -0.349 e. The number of carbonyl (C=O) groups is 2. The molecule has 3 aromatic rings. The van der Waals surface area contributed by atoms with Gasteiger partial charge in [-0.25, -0.2) is 13.9 Å². The molecule has 1 N–H and O–H groups in total. The van der Waals surface area contributed by atoms with E-state index in [0.29, 0.717) is 49.1 Å². The third-order valence-electron chi connectivity index (χ3n) is 6.83. The third-order valence-corrected chi connectivity index (χ3v) is 7.13. The molecule has 1 saturated carbocycles. The van der Waals surface area contributed by atoms with Crippen LogP contribution in [-0.2, 0) is 4.79 Å². The molecule has 5 rings (SSSR count). The summed E-state index contributed by atoms with van der Waals surface area (Å²) in [5.74, 6) is -0.581. The van der Waals surface area contributed by atoms with E-state index in [-0.39, 0.29) is 22.9 Å². The average molecular weight is 456 g/mol. The first-order valence-electron chi connectivity index (χ1n) is 10.8. The van der Waals surface area contributed by atoms with E-state index in [1.807, 2.05) is 13.0 Å². The van der Waals surface area contributed by atoms with Crippen molar-refractivity contribution in [3.05, 3.63) is 58.8 Å². The van der Waals surface area contributed by atoms with Crippen LogP contribution in [0.2, 0.25) is 5.02 Å². The van der Waals surface area contributed by atoms with Crippen molar-refractivity contribution in [3.63, 3.8) is 0 Å². The number of benzene rings is 1. The third kappa shape index (κ3) is 3.43. The molecule has 9 heteroatoms. The minimum absolute atomic E-state index is 0.0101. The van der Waals surface area contributed by atoms with Crippen LogP contribution < -0.4 is 10.2 Å². The molecule has 32 heavy (non-hydrogen) atoms. The number of aryl methyl sites for hydroxylation is 1. The summed E-state index contributed by atoms with van der Waals surface area (Å²) >= 11 is 6.19. The number of aromatic nitrogens is 3. The van der Waals surface area contributed by atoms with E-state index in [2.05, 4.69) is 15.4 Å². The van der Waals surface area contributed by atoms with Crippen molar-refractivity contribution in [1.82, 2.24) is 19.9 Å². The van der Waals surface area contributed by atoms with E-state index >= 15 is 0 Å². The molecule has 0 bridgehead atoms. The number of hydrogen-bond acceptors (Lipinski definition) is 4. The molecule has 1 aliphatic carbocycles.